The first kappa shape index (κ1) is 10.2. The smallest absolute Gasteiger partial charge is 0.118 e. The molecule has 0 amide bonds. The van der Waals surface area contributed by atoms with Crippen molar-refractivity contribution in [2.24, 2.45) is 0 Å². The molecule has 0 aliphatic heterocycles. The largest absolute Gasteiger partial charge is 0.497 e. The SMILES string of the molecule is COc1ccc(Cn2cc(C#N)cn2)cc1. The molecule has 2 rings (SSSR count). The minimum Gasteiger partial charge on any atom is -0.497 e. The molecule has 0 saturated carbocycles. The van der Waals surface area contributed by atoms with Gasteiger partial charge in [0.1, 0.15) is 11.8 Å². The molecule has 1 aromatic heterocycles. The first-order chi connectivity index (χ1) is 7.81. The Morgan fingerprint density at radius 2 is 2.12 bits per heavy atom. The van der Waals surface area contributed by atoms with Gasteiger partial charge in [0.25, 0.3) is 0 Å². The first-order valence-corrected chi connectivity index (χ1v) is 4.87. The van der Waals surface area contributed by atoms with Crippen molar-refractivity contribution in [3.05, 3.63) is 47.8 Å². The maximum atomic E-state index is 8.67. The molecular formula is C12H11N3O. The molecule has 1 aromatic carbocycles. The maximum absolute atomic E-state index is 8.67. The minimum atomic E-state index is 0.577. The molecule has 80 valence electrons. The van der Waals surface area contributed by atoms with E-state index in [9.17, 15) is 0 Å². The van der Waals surface area contributed by atoms with Crippen LogP contribution in [0.2, 0.25) is 0 Å². The summed E-state index contributed by atoms with van der Waals surface area (Å²) in [6.45, 7) is 0.658. The molecule has 4 nitrogen and oxygen atoms in total. The number of benzene rings is 1. The second-order valence-corrected chi connectivity index (χ2v) is 3.39. The van der Waals surface area contributed by atoms with Crippen LogP contribution in [0.3, 0.4) is 0 Å². The number of nitrogens with zero attached hydrogens (tertiary/aromatic N) is 3. The Morgan fingerprint density at radius 1 is 1.38 bits per heavy atom. The van der Waals surface area contributed by atoms with Crippen LogP contribution in [0.5, 0.6) is 5.75 Å². The highest BCUT2D eigenvalue weighted by Gasteiger charge is 1.99. The standard InChI is InChI=1S/C12H11N3O/c1-16-12-4-2-10(3-5-12)8-15-9-11(6-13)7-14-15/h2-5,7,9H,8H2,1H3. The number of hydrogen-bond acceptors (Lipinski definition) is 3. The fourth-order valence-corrected chi connectivity index (χ4v) is 1.43. The predicted octanol–water partition coefficient (Wildman–Crippen LogP) is 1.81. The van der Waals surface area contributed by atoms with Gasteiger partial charge in [-0.15, -0.1) is 0 Å². The van der Waals surface area contributed by atoms with E-state index in [0.29, 0.717) is 12.1 Å². The summed E-state index contributed by atoms with van der Waals surface area (Å²) in [4.78, 5) is 0. The summed E-state index contributed by atoms with van der Waals surface area (Å²) in [5.74, 6) is 0.835. The fourth-order valence-electron chi connectivity index (χ4n) is 1.43. The van der Waals surface area contributed by atoms with Crippen molar-refractivity contribution in [2.75, 3.05) is 7.11 Å². The van der Waals surface area contributed by atoms with E-state index < -0.39 is 0 Å². The van der Waals surface area contributed by atoms with E-state index in [1.165, 1.54) is 0 Å². The molecule has 0 spiro atoms. The number of nitriles is 1. The quantitative estimate of drug-likeness (QED) is 0.781. The molecule has 2 aromatic rings. The third-order valence-corrected chi connectivity index (χ3v) is 2.27. The normalized spacial score (nSPS) is 9.75. The maximum Gasteiger partial charge on any atom is 0.118 e. The van der Waals surface area contributed by atoms with Crippen molar-refractivity contribution in [3.63, 3.8) is 0 Å². The Labute approximate surface area is 93.7 Å². The lowest BCUT2D eigenvalue weighted by Gasteiger charge is -2.03. The lowest BCUT2D eigenvalue weighted by molar-refractivity contribution is 0.414. The molecule has 0 saturated heterocycles. The van der Waals surface area contributed by atoms with Crippen molar-refractivity contribution >= 4 is 0 Å². The highest BCUT2D eigenvalue weighted by atomic mass is 16.5. The van der Waals surface area contributed by atoms with Gasteiger partial charge < -0.3 is 4.74 Å². The van der Waals surface area contributed by atoms with Gasteiger partial charge in [-0.3, -0.25) is 4.68 Å². The van der Waals surface area contributed by atoms with Crippen LogP contribution in [-0.2, 0) is 6.54 Å². The molecule has 16 heavy (non-hydrogen) atoms. The summed E-state index contributed by atoms with van der Waals surface area (Å²) >= 11 is 0. The monoisotopic (exact) mass is 213 g/mol. The lowest BCUT2D eigenvalue weighted by atomic mass is 10.2. The molecule has 0 aliphatic carbocycles. The van der Waals surface area contributed by atoms with Gasteiger partial charge in [0.05, 0.1) is 25.4 Å². The summed E-state index contributed by atoms with van der Waals surface area (Å²) in [7, 11) is 1.64. The van der Waals surface area contributed by atoms with Gasteiger partial charge >= 0.3 is 0 Å². The van der Waals surface area contributed by atoms with Crippen molar-refractivity contribution in [3.8, 4) is 11.8 Å². The summed E-state index contributed by atoms with van der Waals surface area (Å²) < 4.78 is 6.81. The molecular weight excluding hydrogens is 202 g/mol. The molecule has 0 fully saturated rings. The van der Waals surface area contributed by atoms with E-state index in [0.717, 1.165) is 11.3 Å². The molecule has 0 atom stereocenters. The van der Waals surface area contributed by atoms with E-state index in [1.54, 1.807) is 24.2 Å². The molecule has 0 unspecified atom stereocenters. The zero-order valence-corrected chi connectivity index (χ0v) is 8.92. The van der Waals surface area contributed by atoms with Gasteiger partial charge in [-0.25, -0.2) is 0 Å². The van der Waals surface area contributed by atoms with Crippen molar-refractivity contribution in [2.45, 2.75) is 6.54 Å². The minimum absolute atomic E-state index is 0.577. The van der Waals surface area contributed by atoms with Gasteiger partial charge in [-0.2, -0.15) is 10.4 Å². The Kier molecular flexibility index (Phi) is 2.88. The van der Waals surface area contributed by atoms with E-state index in [2.05, 4.69) is 5.10 Å². The number of rotatable bonds is 3. The number of methoxy groups -OCH3 is 1. The van der Waals surface area contributed by atoms with Gasteiger partial charge in [0.2, 0.25) is 0 Å². The van der Waals surface area contributed by atoms with E-state index in [1.807, 2.05) is 30.3 Å². The molecule has 0 N–H and O–H groups in total. The van der Waals surface area contributed by atoms with Crippen molar-refractivity contribution in [1.29, 1.82) is 5.26 Å². The molecule has 4 heteroatoms. The van der Waals surface area contributed by atoms with Crippen LogP contribution < -0.4 is 4.74 Å². The van der Waals surface area contributed by atoms with Crippen LogP contribution in [0.1, 0.15) is 11.1 Å². The summed E-state index contributed by atoms with van der Waals surface area (Å²) in [5.41, 5.74) is 1.70. The van der Waals surface area contributed by atoms with Crippen LogP contribution in [0.25, 0.3) is 0 Å². The van der Waals surface area contributed by atoms with Gasteiger partial charge in [0.15, 0.2) is 0 Å². The average Bonchev–Trinajstić information content (AvgIpc) is 2.78. The predicted molar refractivity (Wildman–Crippen MR) is 59.0 cm³/mol. The lowest BCUT2D eigenvalue weighted by Crippen LogP contribution is -1.99. The second kappa shape index (κ2) is 4.49. The molecule has 0 aliphatic rings. The highest BCUT2D eigenvalue weighted by molar-refractivity contribution is 5.28. The number of aromatic nitrogens is 2. The van der Waals surface area contributed by atoms with Crippen LogP contribution in [0.4, 0.5) is 0 Å². The third-order valence-electron chi connectivity index (χ3n) is 2.27. The number of ether oxygens (including phenoxy) is 1. The Balaban J connectivity index is 2.11. The van der Waals surface area contributed by atoms with Crippen LogP contribution in [0, 0.1) is 11.3 Å². The zero-order chi connectivity index (χ0) is 11.4. The molecule has 1 heterocycles. The Bertz CT molecular complexity index is 508. The molecule has 0 bridgehead atoms. The van der Waals surface area contributed by atoms with E-state index in [-0.39, 0.29) is 0 Å². The average molecular weight is 213 g/mol. The third kappa shape index (κ3) is 2.20. The zero-order valence-electron chi connectivity index (χ0n) is 8.92. The topological polar surface area (TPSA) is 50.8 Å². The highest BCUT2D eigenvalue weighted by Crippen LogP contribution is 2.12. The van der Waals surface area contributed by atoms with Crippen LogP contribution in [0.15, 0.2) is 36.7 Å². The summed E-state index contributed by atoms with van der Waals surface area (Å²) in [6, 6.07) is 9.82. The summed E-state index contributed by atoms with van der Waals surface area (Å²) in [6.07, 6.45) is 3.29. The Morgan fingerprint density at radius 3 is 2.69 bits per heavy atom. The van der Waals surface area contributed by atoms with Crippen molar-refractivity contribution in [1.82, 2.24) is 9.78 Å². The molecule has 0 radical (unpaired) electrons. The van der Waals surface area contributed by atoms with Gasteiger partial charge in [0, 0.05) is 6.20 Å². The number of hydrogen-bond donors (Lipinski definition) is 0. The fraction of sp³-hybridized carbons (Fsp3) is 0.167. The second-order valence-electron chi connectivity index (χ2n) is 3.39. The Hall–Kier alpha value is -2.28. The van der Waals surface area contributed by atoms with Crippen molar-refractivity contribution < 1.29 is 4.74 Å². The van der Waals surface area contributed by atoms with Gasteiger partial charge in [-0.1, -0.05) is 12.1 Å². The first-order valence-electron chi connectivity index (χ1n) is 4.87. The van der Waals surface area contributed by atoms with E-state index in [4.69, 9.17) is 10.00 Å². The van der Waals surface area contributed by atoms with E-state index >= 15 is 0 Å². The van der Waals surface area contributed by atoms with Crippen LogP contribution >= 0.6 is 0 Å². The van der Waals surface area contributed by atoms with Crippen LogP contribution in [-0.4, -0.2) is 16.9 Å². The van der Waals surface area contributed by atoms with Gasteiger partial charge in [-0.05, 0) is 17.7 Å². The summed E-state index contributed by atoms with van der Waals surface area (Å²) in [5, 5.41) is 12.8.